The van der Waals surface area contributed by atoms with Crippen molar-refractivity contribution in [3.63, 3.8) is 0 Å². The standard InChI is InChI=1S/C25H31N5O2S/c1-17(2)21-10-5-6-11-22(21)26-23(31)19(4)33-25-28-27-24(29-12-14-32-15-13-29)30(25)20-9-7-8-18(3)16-20/h5-11,16-17,19H,12-15H2,1-4H3,(H,26,31). The Morgan fingerprint density at radius 2 is 1.82 bits per heavy atom. The molecule has 1 aliphatic heterocycles. The maximum atomic E-state index is 13.1. The van der Waals surface area contributed by atoms with Crippen molar-refractivity contribution >= 4 is 29.3 Å². The van der Waals surface area contributed by atoms with Gasteiger partial charge in [0.1, 0.15) is 0 Å². The van der Waals surface area contributed by atoms with Gasteiger partial charge in [-0.25, -0.2) is 0 Å². The van der Waals surface area contributed by atoms with Gasteiger partial charge in [-0.15, -0.1) is 10.2 Å². The molecule has 174 valence electrons. The lowest BCUT2D eigenvalue weighted by atomic mass is 10.0. The van der Waals surface area contributed by atoms with E-state index in [9.17, 15) is 4.79 Å². The third kappa shape index (κ3) is 5.39. The van der Waals surface area contributed by atoms with Crippen LogP contribution in [0.1, 0.15) is 37.8 Å². The molecule has 33 heavy (non-hydrogen) atoms. The second-order valence-corrected chi connectivity index (χ2v) is 9.86. The van der Waals surface area contributed by atoms with Crippen LogP contribution in [0.25, 0.3) is 5.69 Å². The highest BCUT2D eigenvalue weighted by atomic mass is 32.2. The largest absolute Gasteiger partial charge is 0.378 e. The Morgan fingerprint density at radius 1 is 1.06 bits per heavy atom. The van der Waals surface area contributed by atoms with Gasteiger partial charge in [0.15, 0.2) is 5.16 Å². The number of benzene rings is 2. The van der Waals surface area contributed by atoms with Crippen molar-refractivity contribution in [3.8, 4) is 5.69 Å². The number of para-hydroxylation sites is 1. The van der Waals surface area contributed by atoms with Crippen molar-refractivity contribution in [1.82, 2.24) is 14.8 Å². The van der Waals surface area contributed by atoms with E-state index in [0.717, 1.165) is 41.5 Å². The maximum absolute atomic E-state index is 13.1. The summed E-state index contributed by atoms with van der Waals surface area (Å²) in [6.07, 6.45) is 0. The minimum atomic E-state index is -0.351. The molecule has 8 heteroatoms. The summed E-state index contributed by atoms with van der Waals surface area (Å²) < 4.78 is 7.56. The Bertz CT molecular complexity index is 1110. The van der Waals surface area contributed by atoms with Gasteiger partial charge in [-0.2, -0.15) is 0 Å². The summed E-state index contributed by atoms with van der Waals surface area (Å²) in [5.74, 6) is 1.05. The van der Waals surface area contributed by atoms with E-state index in [1.807, 2.05) is 37.3 Å². The van der Waals surface area contributed by atoms with Crippen molar-refractivity contribution in [2.45, 2.75) is 44.0 Å². The summed E-state index contributed by atoms with van der Waals surface area (Å²) in [6.45, 7) is 11.1. The first-order valence-electron chi connectivity index (χ1n) is 11.4. The lowest BCUT2D eigenvalue weighted by Gasteiger charge is -2.28. The number of carbonyl (C=O) groups excluding carboxylic acids is 1. The van der Waals surface area contributed by atoms with Crippen LogP contribution in [0.3, 0.4) is 0 Å². The Balaban J connectivity index is 1.60. The SMILES string of the molecule is Cc1cccc(-n2c(SC(C)C(=O)Nc3ccccc3C(C)C)nnc2N2CCOCC2)c1. The van der Waals surface area contributed by atoms with Crippen LogP contribution in [0.15, 0.2) is 53.7 Å². The highest BCUT2D eigenvalue weighted by molar-refractivity contribution is 8.00. The fourth-order valence-electron chi connectivity index (χ4n) is 3.86. The average Bonchev–Trinajstić information content (AvgIpc) is 3.23. The minimum Gasteiger partial charge on any atom is -0.378 e. The Kier molecular flexibility index (Phi) is 7.35. The summed E-state index contributed by atoms with van der Waals surface area (Å²) in [7, 11) is 0. The lowest BCUT2D eigenvalue weighted by molar-refractivity contribution is -0.115. The second kappa shape index (κ2) is 10.4. The minimum absolute atomic E-state index is 0.0557. The van der Waals surface area contributed by atoms with Crippen LogP contribution in [0.2, 0.25) is 0 Å². The van der Waals surface area contributed by atoms with Gasteiger partial charge in [0.25, 0.3) is 0 Å². The third-order valence-corrected chi connectivity index (χ3v) is 6.70. The summed E-state index contributed by atoms with van der Waals surface area (Å²) in [5.41, 5.74) is 4.13. The van der Waals surface area contributed by atoms with E-state index in [2.05, 4.69) is 64.0 Å². The van der Waals surface area contributed by atoms with Crippen LogP contribution in [-0.2, 0) is 9.53 Å². The smallest absolute Gasteiger partial charge is 0.237 e. The number of amides is 1. The van der Waals surface area contributed by atoms with Gasteiger partial charge >= 0.3 is 0 Å². The molecule has 0 radical (unpaired) electrons. The van der Waals surface area contributed by atoms with Gasteiger partial charge in [-0.3, -0.25) is 9.36 Å². The van der Waals surface area contributed by atoms with E-state index in [-0.39, 0.29) is 11.2 Å². The molecule has 0 saturated carbocycles. The first kappa shape index (κ1) is 23.3. The van der Waals surface area contributed by atoms with E-state index in [4.69, 9.17) is 4.74 Å². The van der Waals surface area contributed by atoms with E-state index in [1.54, 1.807) is 0 Å². The zero-order valence-corrected chi connectivity index (χ0v) is 20.4. The van der Waals surface area contributed by atoms with Crippen molar-refractivity contribution in [3.05, 3.63) is 59.7 Å². The molecule has 0 bridgehead atoms. The van der Waals surface area contributed by atoms with Crippen molar-refractivity contribution < 1.29 is 9.53 Å². The zero-order valence-electron chi connectivity index (χ0n) is 19.6. The van der Waals surface area contributed by atoms with Gasteiger partial charge in [-0.1, -0.05) is 55.9 Å². The normalized spacial score (nSPS) is 15.0. The van der Waals surface area contributed by atoms with E-state index in [1.165, 1.54) is 11.8 Å². The number of aryl methyl sites for hydroxylation is 1. The predicted octanol–water partition coefficient (Wildman–Crippen LogP) is 4.66. The average molecular weight is 466 g/mol. The summed E-state index contributed by atoms with van der Waals surface area (Å²) in [4.78, 5) is 15.3. The molecular formula is C25H31N5O2S. The zero-order chi connectivity index (χ0) is 23.4. The number of ether oxygens (including phenoxy) is 1. The Hall–Kier alpha value is -2.84. The number of anilines is 2. The van der Waals surface area contributed by atoms with Crippen LogP contribution >= 0.6 is 11.8 Å². The van der Waals surface area contributed by atoms with Crippen molar-refractivity contribution in [2.24, 2.45) is 0 Å². The van der Waals surface area contributed by atoms with Crippen LogP contribution in [0, 0.1) is 6.92 Å². The molecule has 3 aromatic rings. The van der Waals surface area contributed by atoms with E-state index in [0.29, 0.717) is 24.3 Å². The number of hydrogen-bond donors (Lipinski definition) is 1. The molecule has 2 heterocycles. The van der Waals surface area contributed by atoms with Gasteiger partial charge < -0.3 is 15.0 Å². The van der Waals surface area contributed by atoms with E-state index < -0.39 is 0 Å². The lowest BCUT2D eigenvalue weighted by Crippen LogP contribution is -2.38. The fourth-order valence-corrected chi connectivity index (χ4v) is 4.72. The van der Waals surface area contributed by atoms with E-state index >= 15 is 0 Å². The van der Waals surface area contributed by atoms with Crippen LogP contribution in [-0.4, -0.2) is 52.2 Å². The summed E-state index contributed by atoms with van der Waals surface area (Å²) in [6, 6.07) is 16.2. The topological polar surface area (TPSA) is 72.3 Å². The van der Waals surface area contributed by atoms with Crippen LogP contribution < -0.4 is 10.2 Å². The van der Waals surface area contributed by atoms with Crippen LogP contribution in [0.5, 0.6) is 0 Å². The number of aromatic nitrogens is 3. The molecule has 1 saturated heterocycles. The first-order chi connectivity index (χ1) is 15.9. The molecule has 1 atom stereocenters. The maximum Gasteiger partial charge on any atom is 0.237 e. The predicted molar refractivity (Wildman–Crippen MR) is 134 cm³/mol. The molecule has 7 nitrogen and oxygen atoms in total. The molecule has 4 rings (SSSR count). The van der Waals surface area contributed by atoms with Crippen LogP contribution in [0.4, 0.5) is 11.6 Å². The molecule has 2 aromatic carbocycles. The third-order valence-electron chi connectivity index (χ3n) is 5.66. The molecule has 1 N–H and O–H groups in total. The number of nitrogens with one attached hydrogen (secondary N) is 1. The quantitative estimate of drug-likeness (QED) is 0.512. The van der Waals surface area contributed by atoms with Gasteiger partial charge in [0.2, 0.25) is 11.9 Å². The molecular weight excluding hydrogens is 434 g/mol. The molecule has 0 spiro atoms. The number of morpholine rings is 1. The Morgan fingerprint density at radius 3 is 2.55 bits per heavy atom. The van der Waals surface area contributed by atoms with Crippen molar-refractivity contribution in [1.29, 1.82) is 0 Å². The number of carbonyl (C=O) groups is 1. The Labute approximate surface area is 199 Å². The van der Waals surface area contributed by atoms with Gasteiger partial charge in [0.05, 0.1) is 24.2 Å². The molecule has 1 amide bonds. The number of thioether (sulfide) groups is 1. The monoisotopic (exact) mass is 465 g/mol. The summed E-state index contributed by atoms with van der Waals surface area (Å²) in [5, 5.41) is 12.4. The molecule has 1 unspecified atom stereocenters. The number of hydrogen-bond acceptors (Lipinski definition) is 6. The van der Waals surface area contributed by atoms with Gasteiger partial charge in [0, 0.05) is 18.8 Å². The molecule has 1 aromatic heterocycles. The molecule has 1 fully saturated rings. The molecule has 1 aliphatic rings. The van der Waals surface area contributed by atoms with Gasteiger partial charge in [-0.05, 0) is 49.1 Å². The highest BCUT2D eigenvalue weighted by Gasteiger charge is 2.25. The summed E-state index contributed by atoms with van der Waals surface area (Å²) >= 11 is 1.42. The number of nitrogens with zero attached hydrogens (tertiary/aromatic N) is 4. The highest BCUT2D eigenvalue weighted by Crippen LogP contribution is 2.31. The molecule has 0 aliphatic carbocycles. The second-order valence-electron chi connectivity index (χ2n) is 8.55. The fraction of sp³-hybridized carbons (Fsp3) is 0.400. The van der Waals surface area contributed by atoms with Crippen molar-refractivity contribution in [2.75, 3.05) is 36.5 Å². The number of rotatable bonds is 7. The first-order valence-corrected chi connectivity index (χ1v) is 12.2.